The summed E-state index contributed by atoms with van der Waals surface area (Å²) in [6.45, 7) is 25.7. The van der Waals surface area contributed by atoms with Crippen LogP contribution in [0.15, 0.2) is 200 Å². The highest BCUT2D eigenvalue weighted by molar-refractivity contribution is 7.00. The third-order valence-electron chi connectivity index (χ3n) is 18.5. The Morgan fingerprint density at radius 2 is 0.827 bits per heavy atom. The predicted octanol–water partition coefficient (Wildman–Crippen LogP) is 15.6. The van der Waals surface area contributed by atoms with Crippen LogP contribution in [0.1, 0.15) is 73.6 Å². The van der Waals surface area contributed by atoms with Crippen molar-refractivity contribution in [1.29, 1.82) is 0 Å². The van der Waals surface area contributed by atoms with Crippen LogP contribution in [0.5, 0.6) is 0 Å². The van der Waals surface area contributed by atoms with Crippen LogP contribution >= 0.6 is 0 Å². The number of hydrogen-bond donors (Lipinski definition) is 0. The molecule has 2 aliphatic heterocycles. The predicted molar refractivity (Wildman–Crippen MR) is 351 cm³/mol. The standard InChI is InChI=1S/C75H66B2N4/c1-45-38-47(3)69(48(4)39-45)76-37-36-75(10,11)81-68-35-28-51(74(7,8)9)42-61(68)77(70-49(5)40-46(2)41-50(70)6)63-44-54(43-62(76)73(63)81)80-67-27-19-15-23-58(67)60-34-33-59-57-22-14-18-26-66(57)79(71(59)72(60)80)53-31-29-52(30-32-53)78-64-24-16-12-20-55(64)56-21-13-17-25-65(56)78/h12-44H,1-11H3. The average molecular weight is 1050 g/mol. The van der Waals surface area contributed by atoms with E-state index in [9.17, 15) is 0 Å². The lowest BCUT2D eigenvalue weighted by atomic mass is 9.31. The van der Waals surface area contributed by atoms with E-state index in [1.165, 1.54) is 149 Å². The van der Waals surface area contributed by atoms with Gasteiger partial charge in [-0.05, 0) is 149 Å². The maximum absolute atomic E-state index is 2.72. The van der Waals surface area contributed by atoms with E-state index < -0.39 is 0 Å². The van der Waals surface area contributed by atoms with E-state index in [4.69, 9.17) is 0 Å². The minimum atomic E-state index is -0.371. The molecule has 10 aromatic carbocycles. The second-order valence-corrected chi connectivity index (χ2v) is 25.3. The molecule has 0 atom stereocenters. The lowest BCUT2D eigenvalue weighted by Crippen LogP contribution is -2.63. The number of rotatable bonds is 5. The molecule has 0 unspecified atom stereocenters. The van der Waals surface area contributed by atoms with Crippen LogP contribution in [-0.2, 0) is 5.41 Å². The van der Waals surface area contributed by atoms with Crippen LogP contribution in [-0.4, -0.2) is 32.7 Å². The summed E-state index contributed by atoms with van der Waals surface area (Å²) >= 11 is 0. The minimum Gasteiger partial charge on any atom is -0.334 e. The Morgan fingerprint density at radius 1 is 0.395 bits per heavy atom. The summed E-state index contributed by atoms with van der Waals surface area (Å²) in [4.78, 5) is 2.72. The summed E-state index contributed by atoms with van der Waals surface area (Å²) in [5.74, 6) is 2.55. The summed E-state index contributed by atoms with van der Waals surface area (Å²) < 4.78 is 7.61. The van der Waals surface area contributed by atoms with Gasteiger partial charge in [0.2, 0.25) is 13.4 Å². The molecule has 0 aliphatic carbocycles. The van der Waals surface area contributed by atoms with Gasteiger partial charge >= 0.3 is 0 Å². The maximum atomic E-state index is 2.72. The Labute approximate surface area is 476 Å². The van der Waals surface area contributed by atoms with E-state index in [0.717, 1.165) is 11.4 Å². The average Bonchev–Trinajstić information content (AvgIpc) is 4.21. The van der Waals surface area contributed by atoms with E-state index in [2.05, 4.69) is 295 Å². The number of aromatic nitrogens is 3. The Hall–Kier alpha value is -8.73. The molecule has 5 heterocycles. The van der Waals surface area contributed by atoms with Gasteiger partial charge in [0.05, 0.1) is 38.6 Å². The van der Waals surface area contributed by atoms with Crippen molar-refractivity contribution >= 4 is 118 Å². The van der Waals surface area contributed by atoms with E-state index >= 15 is 0 Å². The number of benzene rings is 10. The van der Waals surface area contributed by atoms with E-state index in [1.54, 1.807) is 0 Å². The maximum Gasteiger partial charge on any atom is 0.247 e. The number of fused-ring (bicyclic) bond motifs is 12. The van der Waals surface area contributed by atoms with Crippen molar-refractivity contribution in [3.8, 4) is 17.1 Å². The van der Waals surface area contributed by atoms with Crippen LogP contribution < -0.4 is 32.2 Å². The van der Waals surface area contributed by atoms with Gasteiger partial charge in [-0.3, -0.25) is 0 Å². The number of hydrogen-bond acceptors (Lipinski definition) is 1. The summed E-state index contributed by atoms with van der Waals surface area (Å²) in [5, 5.41) is 7.47. The molecule has 0 bridgehead atoms. The molecule has 4 nitrogen and oxygen atoms in total. The molecule has 0 saturated heterocycles. The first-order chi connectivity index (χ1) is 39.1. The molecule has 0 spiro atoms. The molecule has 15 rings (SSSR count). The normalized spacial score (nSPS) is 14.1. The molecule has 13 aromatic rings. The van der Waals surface area contributed by atoms with Crippen molar-refractivity contribution in [3.05, 3.63) is 239 Å². The zero-order valence-electron chi connectivity index (χ0n) is 48.5. The third kappa shape index (κ3) is 7.24. The van der Waals surface area contributed by atoms with Gasteiger partial charge in [-0.25, -0.2) is 0 Å². The first kappa shape index (κ1) is 49.3. The van der Waals surface area contributed by atoms with Crippen molar-refractivity contribution in [2.75, 3.05) is 4.90 Å². The van der Waals surface area contributed by atoms with Gasteiger partial charge in [0, 0.05) is 60.8 Å². The quantitative estimate of drug-likeness (QED) is 0.157. The number of nitrogens with zero attached hydrogens (tertiary/aromatic N) is 4. The Bertz CT molecular complexity index is 4760. The molecular formula is C75H66B2N4. The second kappa shape index (κ2) is 17.6. The zero-order chi connectivity index (χ0) is 55.5. The van der Waals surface area contributed by atoms with E-state index in [-0.39, 0.29) is 24.4 Å². The van der Waals surface area contributed by atoms with Crippen molar-refractivity contribution in [1.82, 2.24) is 13.7 Å². The van der Waals surface area contributed by atoms with Gasteiger partial charge in [0.15, 0.2) is 0 Å². The smallest absolute Gasteiger partial charge is 0.247 e. The van der Waals surface area contributed by atoms with E-state index in [1.807, 2.05) is 0 Å². The SMILES string of the molecule is Cc1cc(C)c(B2C=CC(C)(C)N3c4ccc(C(C)(C)C)cc4B(c4c(C)cc(C)cc4C)c4cc(-n5c6ccccc6c6ccc7c8ccccc8n(-c8ccc(-n9c%10ccccc%10c%10ccccc%109)cc8)c7c65)cc2c43)c(C)c1. The Kier molecular flexibility index (Phi) is 10.7. The van der Waals surface area contributed by atoms with Gasteiger partial charge in [-0.15, -0.1) is 5.98 Å². The molecule has 3 aromatic heterocycles. The molecular weight excluding hydrogens is 978 g/mol. The van der Waals surface area contributed by atoms with Crippen molar-refractivity contribution in [2.24, 2.45) is 0 Å². The van der Waals surface area contributed by atoms with Crippen molar-refractivity contribution < 1.29 is 0 Å². The van der Waals surface area contributed by atoms with Gasteiger partial charge in [0.1, 0.15) is 0 Å². The number of aryl methyl sites for hydroxylation is 6. The topological polar surface area (TPSA) is 18.0 Å². The van der Waals surface area contributed by atoms with Gasteiger partial charge in [0.25, 0.3) is 0 Å². The van der Waals surface area contributed by atoms with Crippen LogP contribution in [0.4, 0.5) is 11.4 Å². The van der Waals surface area contributed by atoms with Crippen LogP contribution in [0.2, 0.25) is 0 Å². The molecule has 81 heavy (non-hydrogen) atoms. The summed E-state index contributed by atoms with van der Waals surface area (Å²) in [6, 6.07) is 72.1. The van der Waals surface area contributed by atoms with Gasteiger partial charge in [-0.1, -0.05) is 192 Å². The van der Waals surface area contributed by atoms with Crippen LogP contribution in [0.3, 0.4) is 0 Å². The molecule has 6 heteroatoms. The lowest BCUT2D eigenvalue weighted by Gasteiger charge is -2.46. The first-order valence-corrected chi connectivity index (χ1v) is 29.1. The molecule has 0 amide bonds. The fraction of sp³-hybridized carbons (Fsp3) is 0.173. The fourth-order valence-electron chi connectivity index (χ4n) is 15.2. The van der Waals surface area contributed by atoms with Crippen LogP contribution in [0, 0.1) is 41.5 Å². The molecule has 392 valence electrons. The van der Waals surface area contributed by atoms with Gasteiger partial charge in [-0.2, -0.15) is 0 Å². The molecule has 0 N–H and O–H groups in total. The highest BCUT2D eigenvalue weighted by Gasteiger charge is 2.45. The Balaban J connectivity index is 1.07. The van der Waals surface area contributed by atoms with Crippen molar-refractivity contribution in [3.63, 3.8) is 0 Å². The summed E-state index contributed by atoms with van der Waals surface area (Å²) in [5.41, 5.74) is 28.9. The number of anilines is 2. The van der Waals surface area contributed by atoms with Crippen molar-refractivity contribution in [2.45, 2.75) is 87.1 Å². The van der Waals surface area contributed by atoms with Crippen LogP contribution in [0.25, 0.3) is 82.5 Å². The second-order valence-electron chi connectivity index (χ2n) is 25.3. The molecule has 0 radical (unpaired) electrons. The molecule has 2 aliphatic rings. The molecule has 0 fully saturated rings. The van der Waals surface area contributed by atoms with E-state index in [0.29, 0.717) is 0 Å². The third-order valence-corrected chi connectivity index (χ3v) is 18.5. The Morgan fingerprint density at radius 3 is 1.33 bits per heavy atom. The minimum absolute atomic E-state index is 0.0209. The first-order valence-electron chi connectivity index (χ1n) is 29.1. The zero-order valence-corrected chi connectivity index (χ0v) is 48.5. The monoisotopic (exact) mass is 1040 g/mol. The lowest BCUT2D eigenvalue weighted by molar-refractivity contribution is 0.590. The fourth-order valence-corrected chi connectivity index (χ4v) is 15.2. The largest absolute Gasteiger partial charge is 0.334 e. The summed E-state index contributed by atoms with van der Waals surface area (Å²) in [7, 11) is 0. The highest BCUT2D eigenvalue weighted by atomic mass is 15.2. The molecule has 0 saturated carbocycles. The van der Waals surface area contributed by atoms with Gasteiger partial charge < -0.3 is 18.6 Å². The number of para-hydroxylation sites is 4. The highest BCUT2D eigenvalue weighted by Crippen LogP contribution is 2.44. The summed E-state index contributed by atoms with van der Waals surface area (Å²) in [6.07, 6.45) is 2.51.